The first-order valence-corrected chi connectivity index (χ1v) is 12.6. The van der Waals surface area contributed by atoms with E-state index in [-0.39, 0.29) is 13.2 Å². The van der Waals surface area contributed by atoms with E-state index in [9.17, 15) is 5.11 Å². The Morgan fingerprint density at radius 1 is 0.784 bits per heavy atom. The molecule has 3 aromatic rings. The third kappa shape index (κ3) is 5.63. The van der Waals surface area contributed by atoms with E-state index in [0.717, 1.165) is 16.7 Å². The molecule has 5 rings (SSSR count). The normalized spacial score (nSPS) is 27.4. The maximum Gasteiger partial charge on any atom is 0.187 e. The molecule has 0 saturated carbocycles. The Morgan fingerprint density at radius 2 is 1.35 bits per heavy atom. The minimum Gasteiger partial charge on any atom is -0.394 e. The molecule has 2 heterocycles. The van der Waals surface area contributed by atoms with Crippen molar-refractivity contribution in [3.8, 4) is 0 Å². The highest BCUT2D eigenvalue weighted by Crippen LogP contribution is 2.50. The molecule has 6 atom stereocenters. The second-order valence-corrected chi connectivity index (χ2v) is 9.35. The molecule has 2 saturated heterocycles. The summed E-state index contributed by atoms with van der Waals surface area (Å²) < 4.78 is 37.2. The van der Waals surface area contributed by atoms with Crippen molar-refractivity contribution in [2.75, 3.05) is 20.3 Å². The Bertz CT molecular complexity index is 1080. The van der Waals surface area contributed by atoms with Crippen molar-refractivity contribution in [3.63, 3.8) is 0 Å². The van der Waals surface area contributed by atoms with Crippen LogP contribution >= 0.6 is 0 Å². The Kier molecular flexibility index (Phi) is 8.63. The van der Waals surface area contributed by atoms with Crippen LogP contribution in [0.1, 0.15) is 16.7 Å². The quantitative estimate of drug-likeness (QED) is 0.377. The minimum atomic E-state index is -0.956. The van der Waals surface area contributed by atoms with Gasteiger partial charge in [0.25, 0.3) is 0 Å². The molecule has 196 valence electrons. The van der Waals surface area contributed by atoms with Gasteiger partial charge in [-0.05, 0) is 16.7 Å². The minimum absolute atomic E-state index is 0.210. The molecular weight excluding hydrogens is 472 g/mol. The van der Waals surface area contributed by atoms with Crippen molar-refractivity contribution >= 4 is 0 Å². The predicted octanol–water partition coefficient (Wildman–Crippen LogP) is 3.88. The van der Waals surface area contributed by atoms with Crippen molar-refractivity contribution in [2.24, 2.45) is 0 Å². The SMILES string of the molecule is CO[C@@H]1O[C@H]([C@@H](COCc2ccccc2)OCc2ccccc2)[C@@]2(OCc3ccccc3)[C@@H]1O[C@@H]2CO. The number of hydrogen-bond donors (Lipinski definition) is 1. The van der Waals surface area contributed by atoms with Gasteiger partial charge in [0.1, 0.15) is 24.4 Å². The molecular formula is C30H34O7. The standard InChI is InChI=1S/C30H34O7/c1-32-29-28-30(26(17-31)36-28,35-20-24-15-9-4-10-16-24)27(37-29)25(34-19-23-13-7-3-8-14-23)21-33-18-22-11-5-2-6-12-22/h2-16,25-29,31H,17-21H2,1H3/t25-,26-,27-,28-,29-,30-/m1/s1. The number of ether oxygens (including phenoxy) is 6. The molecule has 2 aliphatic rings. The topological polar surface area (TPSA) is 75.6 Å². The summed E-state index contributed by atoms with van der Waals surface area (Å²) in [5.74, 6) is 0. The van der Waals surface area contributed by atoms with E-state index in [1.165, 1.54) is 0 Å². The van der Waals surface area contributed by atoms with Crippen molar-refractivity contribution in [3.05, 3.63) is 108 Å². The van der Waals surface area contributed by atoms with Crippen LogP contribution in [-0.4, -0.2) is 61.7 Å². The van der Waals surface area contributed by atoms with Crippen LogP contribution in [-0.2, 0) is 48.2 Å². The summed E-state index contributed by atoms with van der Waals surface area (Å²) in [6.45, 7) is 1.21. The highest BCUT2D eigenvalue weighted by atomic mass is 16.8. The first kappa shape index (κ1) is 26.0. The summed E-state index contributed by atoms with van der Waals surface area (Å²) in [5.41, 5.74) is 2.17. The van der Waals surface area contributed by atoms with Crippen LogP contribution in [0, 0.1) is 0 Å². The first-order valence-electron chi connectivity index (χ1n) is 12.6. The number of benzene rings is 3. The Morgan fingerprint density at radius 3 is 1.92 bits per heavy atom. The van der Waals surface area contributed by atoms with Gasteiger partial charge in [-0.25, -0.2) is 0 Å². The molecule has 0 amide bonds. The van der Waals surface area contributed by atoms with Crippen LogP contribution in [0.4, 0.5) is 0 Å². The fourth-order valence-corrected chi connectivity index (χ4v) is 5.10. The van der Waals surface area contributed by atoms with Crippen LogP contribution in [0.25, 0.3) is 0 Å². The predicted molar refractivity (Wildman–Crippen MR) is 136 cm³/mol. The zero-order valence-electron chi connectivity index (χ0n) is 21.0. The van der Waals surface area contributed by atoms with Gasteiger partial charge in [0.15, 0.2) is 11.9 Å². The van der Waals surface area contributed by atoms with Gasteiger partial charge in [-0.15, -0.1) is 0 Å². The molecule has 2 aliphatic heterocycles. The molecule has 3 aromatic carbocycles. The van der Waals surface area contributed by atoms with Crippen LogP contribution in [0.5, 0.6) is 0 Å². The molecule has 2 fully saturated rings. The molecule has 0 aromatic heterocycles. The van der Waals surface area contributed by atoms with E-state index >= 15 is 0 Å². The van der Waals surface area contributed by atoms with E-state index in [0.29, 0.717) is 19.8 Å². The number of fused-ring (bicyclic) bond motifs is 1. The van der Waals surface area contributed by atoms with Gasteiger partial charge in [-0.2, -0.15) is 0 Å². The molecule has 0 radical (unpaired) electrons. The largest absolute Gasteiger partial charge is 0.394 e. The lowest BCUT2D eigenvalue weighted by atomic mass is 9.78. The van der Waals surface area contributed by atoms with Crippen molar-refractivity contribution < 1.29 is 33.5 Å². The Hall–Kier alpha value is -2.62. The summed E-state index contributed by atoms with van der Waals surface area (Å²) in [6.07, 6.45) is -2.82. The molecule has 0 unspecified atom stereocenters. The smallest absolute Gasteiger partial charge is 0.187 e. The highest BCUT2D eigenvalue weighted by molar-refractivity contribution is 5.20. The van der Waals surface area contributed by atoms with Gasteiger partial charge < -0.3 is 33.5 Å². The lowest BCUT2D eigenvalue weighted by molar-refractivity contribution is -0.331. The van der Waals surface area contributed by atoms with Crippen LogP contribution in [0.3, 0.4) is 0 Å². The summed E-state index contributed by atoms with van der Waals surface area (Å²) >= 11 is 0. The van der Waals surface area contributed by atoms with E-state index in [1.807, 2.05) is 91.0 Å². The van der Waals surface area contributed by atoms with E-state index < -0.39 is 36.3 Å². The van der Waals surface area contributed by atoms with Crippen molar-refractivity contribution in [1.29, 1.82) is 0 Å². The van der Waals surface area contributed by atoms with Gasteiger partial charge in [0.2, 0.25) is 0 Å². The first-order chi connectivity index (χ1) is 18.2. The lowest BCUT2D eigenvalue weighted by Gasteiger charge is -2.53. The molecule has 1 N–H and O–H groups in total. The summed E-state index contributed by atoms with van der Waals surface area (Å²) in [7, 11) is 1.58. The average Bonchev–Trinajstić information content (AvgIpc) is 3.19. The Balaban J connectivity index is 1.39. The zero-order valence-corrected chi connectivity index (χ0v) is 21.0. The molecule has 0 bridgehead atoms. The third-order valence-corrected chi connectivity index (χ3v) is 7.00. The van der Waals surface area contributed by atoms with E-state index in [1.54, 1.807) is 7.11 Å². The van der Waals surface area contributed by atoms with Crippen LogP contribution in [0.15, 0.2) is 91.0 Å². The lowest BCUT2D eigenvalue weighted by Crippen LogP contribution is -2.73. The molecule has 7 nitrogen and oxygen atoms in total. The van der Waals surface area contributed by atoms with Crippen LogP contribution in [0.2, 0.25) is 0 Å². The number of rotatable bonds is 13. The maximum atomic E-state index is 10.2. The second kappa shape index (κ2) is 12.3. The number of methoxy groups -OCH3 is 1. The highest BCUT2D eigenvalue weighted by Gasteiger charge is 2.72. The second-order valence-electron chi connectivity index (χ2n) is 9.35. The van der Waals surface area contributed by atoms with Gasteiger partial charge in [-0.3, -0.25) is 0 Å². The molecule has 37 heavy (non-hydrogen) atoms. The summed E-state index contributed by atoms with van der Waals surface area (Å²) in [5, 5.41) is 10.2. The average molecular weight is 507 g/mol. The fraction of sp³-hybridized carbons (Fsp3) is 0.400. The van der Waals surface area contributed by atoms with Gasteiger partial charge in [0.05, 0.1) is 33.0 Å². The van der Waals surface area contributed by atoms with Crippen LogP contribution < -0.4 is 0 Å². The monoisotopic (exact) mass is 506 g/mol. The van der Waals surface area contributed by atoms with E-state index in [2.05, 4.69) is 0 Å². The number of hydrogen-bond acceptors (Lipinski definition) is 7. The summed E-state index contributed by atoms with van der Waals surface area (Å²) in [4.78, 5) is 0. The van der Waals surface area contributed by atoms with Crippen molar-refractivity contribution in [1.82, 2.24) is 0 Å². The number of aliphatic hydroxyl groups excluding tert-OH is 1. The molecule has 0 spiro atoms. The van der Waals surface area contributed by atoms with E-state index in [4.69, 9.17) is 28.4 Å². The van der Waals surface area contributed by atoms with Gasteiger partial charge in [-0.1, -0.05) is 91.0 Å². The molecule has 0 aliphatic carbocycles. The summed E-state index contributed by atoms with van der Waals surface area (Å²) in [6, 6.07) is 29.9. The van der Waals surface area contributed by atoms with Crippen molar-refractivity contribution in [2.45, 2.75) is 56.1 Å². The maximum absolute atomic E-state index is 10.2. The fourth-order valence-electron chi connectivity index (χ4n) is 5.10. The molecule has 7 heteroatoms. The van der Waals surface area contributed by atoms with Gasteiger partial charge in [0, 0.05) is 7.11 Å². The third-order valence-electron chi connectivity index (χ3n) is 7.00. The Labute approximate surface area is 217 Å². The zero-order chi connectivity index (χ0) is 25.5. The van der Waals surface area contributed by atoms with Gasteiger partial charge >= 0.3 is 0 Å². The number of aliphatic hydroxyl groups is 1.